The molecule has 2 aromatic rings. The first kappa shape index (κ1) is 17.3. The molecule has 0 spiro atoms. The Morgan fingerprint density at radius 1 is 1.00 bits per heavy atom. The van der Waals surface area contributed by atoms with E-state index in [1.54, 1.807) is 0 Å². The number of rotatable bonds is 4. The molecule has 0 atom stereocenters. The van der Waals surface area contributed by atoms with Crippen LogP contribution in [0.5, 0.6) is 0 Å². The lowest BCUT2D eigenvalue weighted by Gasteiger charge is -2.14. The molecule has 126 valence electrons. The van der Waals surface area contributed by atoms with E-state index in [1.165, 1.54) is 36.4 Å². The van der Waals surface area contributed by atoms with Gasteiger partial charge in [0.2, 0.25) is 0 Å². The number of carbonyl (C=O) groups is 2. The highest BCUT2D eigenvalue weighted by molar-refractivity contribution is 5.90. The molecule has 0 saturated carbocycles. The maximum Gasteiger partial charge on any atom is 0.418 e. The second-order valence-corrected chi connectivity index (χ2v) is 4.85. The Morgan fingerprint density at radius 3 is 2.21 bits per heavy atom. The molecule has 0 bridgehead atoms. The largest absolute Gasteiger partial charge is 0.478 e. The van der Waals surface area contributed by atoms with Crippen LogP contribution in [0.3, 0.4) is 0 Å². The van der Waals surface area contributed by atoms with Crippen molar-refractivity contribution in [3.8, 4) is 0 Å². The number of aromatic carboxylic acids is 1. The Labute approximate surface area is 135 Å². The average Bonchev–Trinajstić information content (AvgIpc) is 2.53. The molecule has 0 aliphatic carbocycles. The predicted molar refractivity (Wildman–Crippen MR) is 80.7 cm³/mol. The quantitative estimate of drug-likeness (QED) is 0.795. The number of carboxylic acids is 1. The first-order chi connectivity index (χ1) is 11.3. The van der Waals surface area contributed by atoms with E-state index in [0.717, 1.165) is 12.1 Å². The second-order valence-electron chi connectivity index (χ2n) is 4.85. The third kappa shape index (κ3) is 4.48. The molecule has 2 aromatic carbocycles. The van der Waals surface area contributed by atoms with Crippen LogP contribution >= 0.6 is 0 Å². The monoisotopic (exact) mass is 338 g/mol. The van der Waals surface area contributed by atoms with Crippen molar-refractivity contribution in [1.82, 2.24) is 5.32 Å². The lowest BCUT2D eigenvalue weighted by Crippen LogP contribution is -2.29. The fraction of sp³-hybridized carbons (Fsp3) is 0.125. The van der Waals surface area contributed by atoms with Gasteiger partial charge in [-0.15, -0.1) is 0 Å². The molecule has 0 saturated heterocycles. The predicted octanol–water partition coefficient (Wildman–Crippen LogP) is 3.73. The Balaban J connectivity index is 1.98. The molecule has 0 aliphatic heterocycles. The van der Waals surface area contributed by atoms with E-state index in [4.69, 9.17) is 5.11 Å². The van der Waals surface area contributed by atoms with Gasteiger partial charge in [0.1, 0.15) is 0 Å². The maximum absolute atomic E-state index is 12.8. The van der Waals surface area contributed by atoms with Crippen molar-refractivity contribution in [2.45, 2.75) is 12.7 Å². The van der Waals surface area contributed by atoms with E-state index in [1.807, 2.05) is 0 Å². The van der Waals surface area contributed by atoms with Gasteiger partial charge in [0.15, 0.2) is 0 Å². The average molecular weight is 338 g/mol. The van der Waals surface area contributed by atoms with Crippen molar-refractivity contribution >= 4 is 17.7 Å². The van der Waals surface area contributed by atoms with Gasteiger partial charge >= 0.3 is 18.2 Å². The summed E-state index contributed by atoms with van der Waals surface area (Å²) in [6.07, 6.45) is -4.57. The number of nitrogens with one attached hydrogen (secondary N) is 2. The standard InChI is InChI=1S/C16H13F3N2O3/c17-16(18,19)12-3-1-2-4-13(12)21-15(24)20-9-10-5-7-11(8-6-10)14(22)23/h1-8H,9H2,(H,22,23)(H2,20,21,24). The SMILES string of the molecule is O=C(NCc1ccc(C(=O)O)cc1)Nc1ccccc1C(F)(F)F. The number of carboxylic acid groups (broad SMARTS) is 1. The normalized spacial score (nSPS) is 11.0. The molecule has 2 rings (SSSR count). The summed E-state index contributed by atoms with van der Waals surface area (Å²) < 4.78 is 38.5. The topological polar surface area (TPSA) is 78.4 Å². The van der Waals surface area contributed by atoms with Gasteiger partial charge in [-0.25, -0.2) is 9.59 Å². The van der Waals surface area contributed by atoms with Crippen LogP contribution in [0.25, 0.3) is 0 Å². The number of alkyl halides is 3. The van der Waals surface area contributed by atoms with Crippen molar-refractivity contribution in [3.63, 3.8) is 0 Å². The number of amides is 2. The number of hydrogen-bond donors (Lipinski definition) is 3. The summed E-state index contributed by atoms with van der Waals surface area (Å²) in [6, 6.07) is 9.61. The molecule has 0 radical (unpaired) electrons. The van der Waals surface area contributed by atoms with Gasteiger partial charge < -0.3 is 15.7 Å². The van der Waals surface area contributed by atoms with Crippen LogP contribution in [0.2, 0.25) is 0 Å². The Hall–Kier alpha value is -3.03. The lowest BCUT2D eigenvalue weighted by atomic mass is 10.1. The number of hydrogen-bond acceptors (Lipinski definition) is 2. The molecule has 2 amide bonds. The van der Waals surface area contributed by atoms with Crippen LogP contribution in [0.15, 0.2) is 48.5 Å². The third-order valence-corrected chi connectivity index (χ3v) is 3.13. The number of benzene rings is 2. The Morgan fingerprint density at radius 2 is 1.62 bits per heavy atom. The van der Waals surface area contributed by atoms with Crippen molar-refractivity contribution in [1.29, 1.82) is 0 Å². The van der Waals surface area contributed by atoms with Crippen LogP contribution in [0.1, 0.15) is 21.5 Å². The first-order valence-electron chi connectivity index (χ1n) is 6.80. The van der Waals surface area contributed by atoms with Crippen LogP contribution in [0, 0.1) is 0 Å². The maximum atomic E-state index is 12.8. The van der Waals surface area contributed by atoms with Gasteiger partial charge in [-0.1, -0.05) is 24.3 Å². The van der Waals surface area contributed by atoms with Gasteiger partial charge in [0.05, 0.1) is 16.8 Å². The smallest absolute Gasteiger partial charge is 0.418 e. The highest BCUT2D eigenvalue weighted by atomic mass is 19.4. The van der Waals surface area contributed by atoms with Crippen molar-refractivity contribution in [2.24, 2.45) is 0 Å². The van der Waals surface area contributed by atoms with Crippen LogP contribution in [0.4, 0.5) is 23.7 Å². The minimum atomic E-state index is -4.57. The van der Waals surface area contributed by atoms with E-state index >= 15 is 0 Å². The fourth-order valence-corrected chi connectivity index (χ4v) is 1.95. The van der Waals surface area contributed by atoms with Crippen molar-refractivity contribution in [2.75, 3.05) is 5.32 Å². The molecule has 0 fully saturated rings. The molecule has 3 N–H and O–H groups in total. The highest BCUT2D eigenvalue weighted by Crippen LogP contribution is 2.34. The highest BCUT2D eigenvalue weighted by Gasteiger charge is 2.33. The van der Waals surface area contributed by atoms with Crippen molar-refractivity contribution in [3.05, 3.63) is 65.2 Å². The number of carbonyl (C=O) groups excluding carboxylic acids is 1. The lowest BCUT2D eigenvalue weighted by molar-refractivity contribution is -0.136. The molecule has 0 aliphatic rings. The Bertz CT molecular complexity index is 743. The van der Waals surface area contributed by atoms with E-state index in [0.29, 0.717) is 5.56 Å². The second kappa shape index (κ2) is 7.03. The van der Waals surface area contributed by atoms with Gasteiger partial charge in [0, 0.05) is 6.54 Å². The Kier molecular flexibility index (Phi) is 5.08. The molecule has 5 nitrogen and oxygen atoms in total. The summed E-state index contributed by atoms with van der Waals surface area (Å²) in [5.74, 6) is -1.07. The molecular weight excluding hydrogens is 325 g/mol. The van der Waals surface area contributed by atoms with Crippen LogP contribution in [-0.4, -0.2) is 17.1 Å². The minimum Gasteiger partial charge on any atom is -0.478 e. The summed E-state index contributed by atoms with van der Waals surface area (Å²) in [5.41, 5.74) is -0.573. The zero-order valence-electron chi connectivity index (χ0n) is 12.2. The van der Waals surface area contributed by atoms with Gasteiger partial charge in [0.25, 0.3) is 0 Å². The van der Waals surface area contributed by atoms with Gasteiger partial charge in [-0.3, -0.25) is 0 Å². The molecule has 0 aromatic heterocycles. The fourth-order valence-electron chi connectivity index (χ4n) is 1.95. The minimum absolute atomic E-state index is 0.0416. The first-order valence-corrected chi connectivity index (χ1v) is 6.80. The summed E-state index contributed by atoms with van der Waals surface area (Å²) >= 11 is 0. The van der Waals surface area contributed by atoms with E-state index in [9.17, 15) is 22.8 Å². The van der Waals surface area contributed by atoms with E-state index in [-0.39, 0.29) is 17.8 Å². The number of anilines is 1. The van der Waals surface area contributed by atoms with Gasteiger partial charge in [-0.2, -0.15) is 13.2 Å². The van der Waals surface area contributed by atoms with Gasteiger partial charge in [-0.05, 0) is 29.8 Å². The number of para-hydroxylation sites is 1. The van der Waals surface area contributed by atoms with Crippen LogP contribution in [-0.2, 0) is 12.7 Å². The zero-order chi connectivity index (χ0) is 17.7. The number of halogens is 3. The summed E-state index contributed by atoms with van der Waals surface area (Å²) in [7, 11) is 0. The van der Waals surface area contributed by atoms with E-state index < -0.39 is 23.7 Å². The molecule has 24 heavy (non-hydrogen) atoms. The van der Waals surface area contributed by atoms with Crippen LogP contribution < -0.4 is 10.6 Å². The zero-order valence-corrected chi connectivity index (χ0v) is 12.2. The summed E-state index contributed by atoms with van der Waals surface area (Å²) in [6.45, 7) is 0.0416. The third-order valence-electron chi connectivity index (χ3n) is 3.13. The summed E-state index contributed by atoms with van der Waals surface area (Å²) in [5, 5.41) is 13.3. The number of urea groups is 1. The molecule has 0 unspecified atom stereocenters. The van der Waals surface area contributed by atoms with Crippen molar-refractivity contribution < 1.29 is 27.9 Å². The summed E-state index contributed by atoms with van der Waals surface area (Å²) in [4.78, 5) is 22.5. The molecule has 8 heteroatoms. The molecular formula is C16H13F3N2O3. The van der Waals surface area contributed by atoms with E-state index in [2.05, 4.69) is 10.6 Å². The molecule has 0 heterocycles.